The van der Waals surface area contributed by atoms with Crippen LogP contribution in [-0.2, 0) is 0 Å². The van der Waals surface area contributed by atoms with Crippen LogP contribution in [-0.4, -0.2) is 22.1 Å². The number of hydrogen-bond donors (Lipinski definition) is 2. The van der Waals surface area contributed by atoms with Crippen molar-refractivity contribution in [1.82, 2.24) is 9.97 Å². The summed E-state index contributed by atoms with van der Waals surface area (Å²) in [5, 5.41) is 3.10. The van der Waals surface area contributed by atoms with Gasteiger partial charge in [0.25, 0.3) is 0 Å². The average Bonchev–Trinajstić information content (AvgIpc) is 2.14. The lowest BCUT2D eigenvalue weighted by atomic mass is 10.1. The Balaban J connectivity index is 2.57. The molecule has 0 aliphatic carbocycles. The molecule has 0 aromatic carbocycles. The normalized spacial score (nSPS) is 11.9. The van der Waals surface area contributed by atoms with Crippen LogP contribution in [0.5, 0.6) is 0 Å². The van der Waals surface area contributed by atoms with Crippen molar-refractivity contribution in [2.75, 3.05) is 11.9 Å². The molecular weight excluding hydrogens is 188 g/mol. The van der Waals surface area contributed by atoms with Gasteiger partial charge in [0.15, 0.2) is 0 Å². The van der Waals surface area contributed by atoms with Crippen molar-refractivity contribution in [3.8, 4) is 0 Å². The maximum absolute atomic E-state index is 5.84. The van der Waals surface area contributed by atoms with Crippen molar-refractivity contribution in [3.05, 3.63) is 18.0 Å². The standard InChI is InChI=1S/C11H20N4/c1-8(2)9-5-13-10(14-6-9)15-7-11(3,4)12/h5-6,8H,7,12H2,1-4H3,(H,13,14,15). The molecule has 4 heteroatoms. The van der Waals surface area contributed by atoms with Crippen LogP contribution in [0.4, 0.5) is 5.95 Å². The fraction of sp³-hybridized carbons (Fsp3) is 0.636. The molecule has 84 valence electrons. The first-order chi connectivity index (χ1) is 6.88. The van der Waals surface area contributed by atoms with Crippen LogP contribution in [0.15, 0.2) is 12.4 Å². The minimum Gasteiger partial charge on any atom is -0.352 e. The third-order valence-electron chi connectivity index (χ3n) is 2.04. The molecule has 0 aliphatic heterocycles. The second kappa shape index (κ2) is 4.57. The molecule has 0 amide bonds. The number of nitrogens with one attached hydrogen (secondary N) is 1. The Morgan fingerprint density at radius 3 is 2.27 bits per heavy atom. The predicted molar refractivity (Wildman–Crippen MR) is 62.9 cm³/mol. The molecule has 3 N–H and O–H groups in total. The SMILES string of the molecule is CC(C)c1cnc(NCC(C)(C)N)nc1. The van der Waals surface area contributed by atoms with Crippen LogP contribution in [0.3, 0.4) is 0 Å². The van der Waals surface area contributed by atoms with Crippen LogP contribution >= 0.6 is 0 Å². The van der Waals surface area contributed by atoms with Crippen molar-refractivity contribution in [2.45, 2.75) is 39.2 Å². The van der Waals surface area contributed by atoms with E-state index in [9.17, 15) is 0 Å². The fourth-order valence-electron chi connectivity index (χ4n) is 1.03. The van der Waals surface area contributed by atoms with Gasteiger partial charge >= 0.3 is 0 Å². The first kappa shape index (κ1) is 11.9. The van der Waals surface area contributed by atoms with Crippen LogP contribution in [0.1, 0.15) is 39.2 Å². The van der Waals surface area contributed by atoms with Crippen LogP contribution < -0.4 is 11.1 Å². The second-order valence-corrected chi connectivity index (χ2v) is 4.84. The second-order valence-electron chi connectivity index (χ2n) is 4.84. The summed E-state index contributed by atoms with van der Waals surface area (Å²) in [6.45, 7) is 8.82. The number of hydrogen-bond acceptors (Lipinski definition) is 4. The Hall–Kier alpha value is -1.16. The third-order valence-corrected chi connectivity index (χ3v) is 2.04. The molecule has 15 heavy (non-hydrogen) atoms. The minimum absolute atomic E-state index is 0.250. The average molecular weight is 208 g/mol. The predicted octanol–water partition coefficient (Wildman–Crippen LogP) is 1.75. The number of anilines is 1. The summed E-state index contributed by atoms with van der Waals surface area (Å²) in [6, 6.07) is 0. The van der Waals surface area contributed by atoms with Gasteiger partial charge in [-0.1, -0.05) is 13.8 Å². The summed E-state index contributed by atoms with van der Waals surface area (Å²) in [4.78, 5) is 8.45. The molecule has 1 aromatic heterocycles. The molecule has 0 radical (unpaired) electrons. The zero-order valence-corrected chi connectivity index (χ0v) is 9.91. The first-order valence-electron chi connectivity index (χ1n) is 5.23. The van der Waals surface area contributed by atoms with Gasteiger partial charge in [-0.15, -0.1) is 0 Å². The van der Waals surface area contributed by atoms with Crippen LogP contribution in [0, 0.1) is 0 Å². The first-order valence-corrected chi connectivity index (χ1v) is 5.23. The monoisotopic (exact) mass is 208 g/mol. The van der Waals surface area contributed by atoms with Gasteiger partial charge in [0.05, 0.1) is 0 Å². The van der Waals surface area contributed by atoms with Gasteiger partial charge in [-0.2, -0.15) is 0 Å². The van der Waals surface area contributed by atoms with E-state index < -0.39 is 0 Å². The molecule has 0 fully saturated rings. The lowest BCUT2D eigenvalue weighted by Crippen LogP contribution is -2.39. The van der Waals surface area contributed by atoms with Gasteiger partial charge in [-0.05, 0) is 25.3 Å². The number of nitrogens with zero attached hydrogens (tertiary/aromatic N) is 2. The van der Waals surface area contributed by atoms with E-state index in [0.717, 1.165) is 5.56 Å². The summed E-state index contributed by atoms with van der Waals surface area (Å²) in [5.74, 6) is 1.10. The summed E-state index contributed by atoms with van der Waals surface area (Å²) < 4.78 is 0. The Labute approximate surface area is 91.3 Å². The third kappa shape index (κ3) is 4.25. The molecule has 1 rings (SSSR count). The van der Waals surface area contributed by atoms with E-state index in [-0.39, 0.29) is 5.54 Å². The highest BCUT2D eigenvalue weighted by Gasteiger charge is 2.10. The molecule has 1 aromatic rings. The topological polar surface area (TPSA) is 63.8 Å². The van der Waals surface area contributed by atoms with E-state index in [1.807, 2.05) is 26.2 Å². The highest BCUT2D eigenvalue weighted by molar-refractivity contribution is 5.26. The molecule has 0 atom stereocenters. The van der Waals surface area contributed by atoms with Crippen LogP contribution in [0.25, 0.3) is 0 Å². The Kier molecular flexibility index (Phi) is 3.63. The van der Waals surface area contributed by atoms with E-state index in [1.54, 1.807) is 0 Å². The van der Waals surface area contributed by atoms with Crippen molar-refractivity contribution in [2.24, 2.45) is 5.73 Å². The molecule has 0 aliphatic rings. The van der Waals surface area contributed by atoms with Gasteiger partial charge in [0, 0.05) is 24.5 Å². The van der Waals surface area contributed by atoms with Gasteiger partial charge < -0.3 is 11.1 Å². The van der Waals surface area contributed by atoms with Crippen molar-refractivity contribution in [3.63, 3.8) is 0 Å². The summed E-state index contributed by atoms with van der Waals surface area (Å²) >= 11 is 0. The van der Waals surface area contributed by atoms with Crippen molar-refractivity contribution < 1.29 is 0 Å². The fourth-order valence-corrected chi connectivity index (χ4v) is 1.03. The molecular formula is C11H20N4. The van der Waals surface area contributed by atoms with Crippen molar-refractivity contribution in [1.29, 1.82) is 0 Å². The van der Waals surface area contributed by atoms with Gasteiger partial charge in [-0.25, -0.2) is 9.97 Å². The van der Waals surface area contributed by atoms with Crippen molar-refractivity contribution >= 4 is 5.95 Å². The quantitative estimate of drug-likeness (QED) is 0.791. The summed E-state index contributed by atoms with van der Waals surface area (Å²) in [6.07, 6.45) is 3.70. The summed E-state index contributed by atoms with van der Waals surface area (Å²) in [5.41, 5.74) is 6.74. The highest BCUT2D eigenvalue weighted by Crippen LogP contribution is 2.12. The number of rotatable bonds is 4. The highest BCUT2D eigenvalue weighted by atomic mass is 15.1. The zero-order valence-electron chi connectivity index (χ0n) is 9.91. The lowest BCUT2D eigenvalue weighted by Gasteiger charge is -2.18. The minimum atomic E-state index is -0.250. The smallest absolute Gasteiger partial charge is 0.222 e. The maximum atomic E-state index is 5.84. The maximum Gasteiger partial charge on any atom is 0.222 e. The Bertz CT molecular complexity index is 297. The largest absolute Gasteiger partial charge is 0.352 e. The molecule has 0 saturated heterocycles. The number of aromatic nitrogens is 2. The van der Waals surface area contributed by atoms with E-state index in [4.69, 9.17) is 5.73 Å². The number of nitrogens with two attached hydrogens (primary N) is 1. The summed E-state index contributed by atoms with van der Waals surface area (Å²) in [7, 11) is 0. The van der Waals surface area contributed by atoms with E-state index >= 15 is 0 Å². The Morgan fingerprint density at radius 1 is 1.33 bits per heavy atom. The van der Waals surface area contributed by atoms with E-state index in [1.165, 1.54) is 0 Å². The Morgan fingerprint density at radius 2 is 1.87 bits per heavy atom. The molecule has 4 nitrogen and oxygen atoms in total. The molecule has 0 unspecified atom stereocenters. The van der Waals surface area contributed by atoms with Gasteiger partial charge in [0.1, 0.15) is 0 Å². The molecule has 0 bridgehead atoms. The van der Waals surface area contributed by atoms with Gasteiger partial charge in [-0.3, -0.25) is 0 Å². The van der Waals surface area contributed by atoms with Crippen LogP contribution in [0.2, 0.25) is 0 Å². The van der Waals surface area contributed by atoms with E-state index in [2.05, 4.69) is 29.1 Å². The molecule has 0 saturated carbocycles. The van der Waals surface area contributed by atoms with Gasteiger partial charge in [0.2, 0.25) is 5.95 Å². The lowest BCUT2D eigenvalue weighted by molar-refractivity contribution is 0.547. The van der Waals surface area contributed by atoms with E-state index in [0.29, 0.717) is 18.4 Å². The molecule has 1 heterocycles. The zero-order chi connectivity index (χ0) is 11.5. The molecule has 0 spiro atoms.